The van der Waals surface area contributed by atoms with Crippen molar-refractivity contribution in [2.75, 3.05) is 43.1 Å². The first-order valence-electron chi connectivity index (χ1n) is 14.1. The van der Waals surface area contributed by atoms with E-state index in [2.05, 4.69) is 44.3 Å². The minimum Gasteiger partial charge on any atom is -0.491 e. The average molecular weight is 641 g/mol. The van der Waals surface area contributed by atoms with Crippen molar-refractivity contribution in [2.45, 2.75) is 35.3 Å². The molecule has 1 fully saturated rings. The summed E-state index contributed by atoms with van der Waals surface area (Å²) in [6, 6.07) is 18.9. The molecule has 0 spiro atoms. The molecule has 0 atom stereocenters. The van der Waals surface area contributed by atoms with Gasteiger partial charge >= 0.3 is 0 Å². The molecule has 3 heterocycles. The lowest BCUT2D eigenvalue weighted by molar-refractivity contribution is 0.0944. The maximum atomic E-state index is 13.5. The van der Waals surface area contributed by atoms with Crippen molar-refractivity contribution in [3.05, 3.63) is 83.7 Å². The van der Waals surface area contributed by atoms with Gasteiger partial charge in [0.05, 0.1) is 17.8 Å². The largest absolute Gasteiger partial charge is 0.491 e. The molecule has 1 aliphatic rings. The van der Waals surface area contributed by atoms with Crippen LogP contribution in [0.4, 0.5) is 5.69 Å². The number of amides is 1. The number of nitrogens with one attached hydrogen (secondary N) is 3. The van der Waals surface area contributed by atoms with Gasteiger partial charge in [0.25, 0.3) is 15.9 Å². The van der Waals surface area contributed by atoms with Gasteiger partial charge in [0.15, 0.2) is 5.03 Å². The number of H-pyrrole nitrogens is 1. The third-order valence-electron chi connectivity index (χ3n) is 7.33. The van der Waals surface area contributed by atoms with Crippen LogP contribution in [-0.4, -0.2) is 67.4 Å². The third kappa shape index (κ3) is 7.86. The van der Waals surface area contributed by atoms with E-state index >= 15 is 0 Å². The third-order valence-corrected chi connectivity index (χ3v) is 11.4. The summed E-state index contributed by atoms with van der Waals surface area (Å²) in [4.78, 5) is 20.7. The molecule has 1 aliphatic heterocycles. The first-order valence-corrected chi connectivity index (χ1v) is 17.7. The Balaban J connectivity index is 1.38. The van der Waals surface area contributed by atoms with Crippen molar-refractivity contribution in [3.8, 4) is 5.75 Å². The predicted molar refractivity (Wildman–Crippen MR) is 175 cm³/mol. The maximum absolute atomic E-state index is 13.5. The molecule has 0 unspecified atom stereocenters. The maximum Gasteiger partial charge on any atom is 0.279 e. The second-order valence-corrected chi connectivity index (χ2v) is 14.7. The molecule has 5 rings (SSSR count). The molecule has 1 amide bonds. The highest BCUT2D eigenvalue weighted by molar-refractivity contribution is 8.01. The van der Waals surface area contributed by atoms with Crippen LogP contribution < -0.4 is 14.8 Å². The van der Waals surface area contributed by atoms with Gasteiger partial charge in [0, 0.05) is 41.8 Å². The van der Waals surface area contributed by atoms with Crippen molar-refractivity contribution in [3.63, 3.8) is 0 Å². The van der Waals surface area contributed by atoms with Crippen LogP contribution in [0, 0.1) is 6.92 Å². The number of benzene rings is 2. The Morgan fingerprint density at radius 3 is 2.63 bits per heavy atom. The van der Waals surface area contributed by atoms with Crippen molar-refractivity contribution in [1.82, 2.24) is 15.3 Å². The molecule has 0 radical (unpaired) electrons. The summed E-state index contributed by atoms with van der Waals surface area (Å²) >= 11 is 3.87. The van der Waals surface area contributed by atoms with Crippen LogP contribution in [0.1, 0.15) is 34.5 Å². The van der Waals surface area contributed by atoms with E-state index in [4.69, 9.17) is 9.47 Å². The predicted octanol–water partition coefficient (Wildman–Crippen LogP) is 5.63. The molecule has 9 nitrogen and oxygen atoms in total. The Bertz CT molecular complexity index is 1650. The number of aromatic nitrogens is 2. The molecule has 228 valence electrons. The number of aryl methyl sites for hydroxylation is 1. The van der Waals surface area contributed by atoms with Crippen LogP contribution in [0.25, 0.3) is 10.9 Å². The van der Waals surface area contributed by atoms with E-state index in [1.807, 2.05) is 29.6 Å². The van der Waals surface area contributed by atoms with E-state index in [0.717, 1.165) is 30.1 Å². The number of carbonyl (C=O) groups is 1. The van der Waals surface area contributed by atoms with E-state index in [1.54, 1.807) is 44.4 Å². The summed E-state index contributed by atoms with van der Waals surface area (Å²) in [5.74, 6) is 3.22. The molecule has 4 aromatic rings. The van der Waals surface area contributed by atoms with E-state index in [-0.39, 0.29) is 28.0 Å². The van der Waals surface area contributed by atoms with Crippen molar-refractivity contribution in [1.29, 1.82) is 0 Å². The van der Waals surface area contributed by atoms with Crippen molar-refractivity contribution >= 4 is 56.0 Å². The molecule has 0 aliphatic carbocycles. The van der Waals surface area contributed by atoms with Crippen LogP contribution >= 0.6 is 23.5 Å². The molecule has 43 heavy (non-hydrogen) atoms. The highest BCUT2D eigenvalue weighted by Crippen LogP contribution is 2.40. The zero-order valence-corrected chi connectivity index (χ0v) is 26.7. The SMILES string of the molecule is COCCOc1cc(NS(=O)(=O)c2ncccc2C)c2[nH]c(C(=O)NCC3(SCc4ccccc4)CCSCC3)cc2c1. The Kier molecular flexibility index (Phi) is 10.2. The highest BCUT2D eigenvalue weighted by Gasteiger charge is 2.33. The first-order chi connectivity index (χ1) is 20.8. The van der Waals surface area contributed by atoms with Crippen LogP contribution in [0.5, 0.6) is 5.75 Å². The van der Waals surface area contributed by atoms with Gasteiger partial charge < -0.3 is 19.8 Å². The Morgan fingerprint density at radius 2 is 1.88 bits per heavy atom. The average Bonchev–Trinajstić information content (AvgIpc) is 3.45. The topological polar surface area (TPSA) is 122 Å². The molecular weight excluding hydrogens is 605 g/mol. The highest BCUT2D eigenvalue weighted by atomic mass is 32.2. The molecular formula is C31H36N4O5S3. The smallest absolute Gasteiger partial charge is 0.279 e. The number of hydrogen-bond donors (Lipinski definition) is 3. The Labute approximate surface area is 261 Å². The number of hydrogen-bond acceptors (Lipinski definition) is 8. The molecule has 0 bridgehead atoms. The summed E-state index contributed by atoms with van der Waals surface area (Å²) in [7, 11) is -2.44. The van der Waals surface area contributed by atoms with Gasteiger partial charge in [-0.3, -0.25) is 9.52 Å². The second-order valence-electron chi connectivity index (χ2n) is 10.4. The first kappa shape index (κ1) is 31.2. The fourth-order valence-electron chi connectivity index (χ4n) is 4.95. The lowest BCUT2D eigenvalue weighted by Gasteiger charge is -2.36. The number of ether oxygens (including phenoxy) is 2. The van der Waals surface area contributed by atoms with E-state index < -0.39 is 10.0 Å². The molecule has 0 saturated carbocycles. The number of fused-ring (bicyclic) bond motifs is 1. The summed E-state index contributed by atoms with van der Waals surface area (Å²) in [6.45, 7) is 2.89. The summed E-state index contributed by atoms with van der Waals surface area (Å²) < 4.78 is 40.2. The minimum atomic E-state index is -4.02. The van der Waals surface area contributed by atoms with Crippen molar-refractivity contribution in [2.24, 2.45) is 0 Å². The number of anilines is 1. The summed E-state index contributed by atoms with van der Waals surface area (Å²) in [6.07, 6.45) is 3.47. The lowest BCUT2D eigenvalue weighted by atomic mass is 10.0. The fraction of sp³-hybridized carbons (Fsp3) is 0.355. The van der Waals surface area contributed by atoms with Crippen LogP contribution in [0.3, 0.4) is 0 Å². The molecule has 3 N–H and O–H groups in total. The van der Waals surface area contributed by atoms with E-state index in [1.165, 1.54) is 11.8 Å². The normalized spacial score (nSPS) is 14.8. The van der Waals surface area contributed by atoms with Gasteiger partial charge in [-0.1, -0.05) is 36.4 Å². The number of pyridine rings is 1. The number of nitrogens with zero attached hydrogens (tertiary/aromatic N) is 1. The fourth-order valence-corrected chi connectivity index (χ4v) is 9.06. The number of methoxy groups -OCH3 is 1. The van der Waals surface area contributed by atoms with Crippen molar-refractivity contribution < 1.29 is 22.7 Å². The number of thioether (sulfide) groups is 2. The van der Waals surface area contributed by atoms with Crippen LogP contribution in [0.15, 0.2) is 71.9 Å². The van der Waals surface area contributed by atoms with E-state index in [0.29, 0.717) is 41.1 Å². The van der Waals surface area contributed by atoms with Gasteiger partial charge in [-0.05, 0) is 60.6 Å². The summed E-state index contributed by atoms with van der Waals surface area (Å²) in [5.41, 5.74) is 2.86. The quantitative estimate of drug-likeness (QED) is 0.161. The molecule has 12 heteroatoms. The zero-order valence-electron chi connectivity index (χ0n) is 24.2. The zero-order chi connectivity index (χ0) is 30.3. The Hall–Kier alpha value is -3.19. The molecule has 1 saturated heterocycles. The van der Waals surface area contributed by atoms with Gasteiger partial charge in [-0.15, -0.1) is 11.8 Å². The van der Waals surface area contributed by atoms with Crippen LogP contribution in [0.2, 0.25) is 0 Å². The molecule has 2 aromatic heterocycles. The summed E-state index contributed by atoms with van der Waals surface area (Å²) in [5, 5.41) is 3.74. The number of sulfonamides is 1. The van der Waals surface area contributed by atoms with Gasteiger partial charge in [-0.2, -0.15) is 20.2 Å². The number of carbonyl (C=O) groups excluding carboxylic acids is 1. The Morgan fingerprint density at radius 1 is 1.09 bits per heavy atom. The lowest BCUT2D eigenvalue weighted by Crippen LogP contribution is -2.43. The van der Waals surface area contributed by atoms with Gasteiger partial charge in [0.2, 0.25) is 0 Å². The standard InChI is InChI=1S/C31H36N4O5S3/c1-22-7-6-12-32-30(22)43(37,38)35-26-19-25(40-14-13-39-2)17-24-18-27(34-28(24)26)29(36)33-21-31(10-15-41-16-11-31)42-20-23-8-4-3-5-9-23/h3-9,12,17-19,34-35H,10-11,13-16,20-21H2,1-2H3,(H,33,36). The monoisotopic (exact) mass is 640 g/mol. The van der Waals surface area contributed by atoms with Crippen LogP contribution in [-0.2, 0) is 20.5 Å². The molecule has 2 aromatic carbocycles. The van der Waals surface area contributed by atoms with E-state index in [9.17, 15) is 13.2 Å². The number of aromatic amines is 1. The minimum absolute atomic E-state index is 0.0491. The van der Waals surface area contributed by atoms with Gasteiger partial charge in [0.1, 0.15) is 18.1 Å². The van der Waals surface area contributed by atoms with Gasteiger partial charge in [-0.25, -0.2) is 4.98 Å². The number of rotatable bonds is 13. The second kappa shape index (κ2) is 14.1.